The highest BCUT2D eigenvalue weighted by atomic mass is 16.5. The largest absolute Gasteiger partial charge is 0.495 e. The number of methoxy groups -OCH3 is 1. The van der Waals surface area contributed by atoms with Crippen LogP contribution in [-0.4, -0.2) is 43.5 Å². The van der Waals surface area contributed by atoms with E-state index in [9.17, 15) is 9.59 Å². The van der Waals surface area contributed by atoms with Gasteiger partial charge in [0.2, 0.25) is 11.8 Å². The summed E-state index contributed by atoms with van der Waals surface area (Å²) in [6.45, 7) is 3.57. The van der Waals surface area contributed by atoms with Crippen LogP contribution in [0.3, 0.4) is 0 Å². The predicted octanol–water partition coefficient (Wildman–Crippen LogP) is 2.06. The van der Waals surface area contributed by atoms with E-state index in [2.05, 4.69) is 0 Å². The Morgan fingerprint density at radius 2 is 1.90 bits per heavy atom. The first kappa shape index (κ1) is 15.4. The van der Waals surface area contributed by atoms with Crippen molar-refractivity contribution >= 4 is 17.5 Å². The molecule has 2 rings (SSSR count). The van der Waals surface area contributed by atoms with Crippen molar-refractivity contribution in [2.24, 2.45) is 0 Å². The Morgan fingerprint density at radius 1 is 1.24 bits per heavy atom. The number of para-hydroxylation sites is 2. The summed E-state index contributed by atoms with van der Waals surface area (Å²) in [5.41, 5.74) is 0.710. The highest BCUT2D eigenvalue weighted by Gasteiger charge is 2.21. The fourth-order valence-electron chi connectivity index (χ4n) is 2.63. The third-order valence-corrected chi connectivity index (χ3v) is 3.76. The molecule has 1 aromatic carbocycles. The molecule has 0 aliphatic carbocycles. The molecule has 1 fully saturated rings. The van der Waals surface area contributed by atoms with E-state index in [1.54, 1.807) is 12.0 Å². The number of hydrogen-bond donors (Lipinski definition) is 0. The van der Waals surface area contributed by atoms with Crippen LogP contribution < -0.4 is 9.64 Å². The second kappa shape index (κ2) is 7.11. The zero-order chi connectivity index (χ0) is 15.2. The molecule has 2 amide bonds. The van der Waals surface area contributed by atoms with E-state index in [4.69, 9.17) is 4.74 Å². The van der Waals surface area contributed by atoms with Gasteiger partial charge in [-0.15, -0.1) is 0 Å². The van der Waals surface area contributed by atoms with Gasteiger partial charge in [0.25, 0.3) is 0 Å². The standard InChI is InChI=1S/C16H22N2O3/c1-13(19)18(14-7-3-4-8-15(14)21-2)12-9-16(20)17-10-5-6-11-17/h3-4,7-8H,5-6,9-12H2,1-2H3. The van der Waals surface area contributed by atoms with Gasteiger partial charge in [-0.1, -0.05) is 12.1 Å². The lowest BCUT2D eigenvalue weighted by atomic mass is 10.2. The lowest BCUT2D eigenvalue weighted by molar-refractivity contribution is -0.129. The molecule has 1 heterocycles. The third-order valence-electron chi connectivity index (χ3n) is 3.76. The molecule has 1 aliphatic rings. The van der Waals surface area contributed by atoms with Gasteiger partial charge in [-0.3, -0.25) is 9.59 Å². The minimum absolute atomic E-state index is 0.0891. The summed E-state index contributed by atoms with van der Waals surface area (Å²) in [4.78, 5) is 27.5. The first-order chi connectivity index (χ1) is 10.1. The van der Waals surface area contributed by atoms with Gasteiger partial charge >= 0.3 is 0 Å². The van der Waals surface area contributed by atoms with Crippen LogP contribution in [0.4, 0.5) is 5.69 Å². The minimum Gasteiger partial charge on any atom is -0.495 e. The molecule has 21 heavy (non-hydrogen) atoms. The van der Waals surface area contributed by atoms with Crippen LogP contribution in [0, 0.1) is 0 Å². The number of nitrogens with zero attached hydrogens (tertiary/aromatic N) is 2. The molecular weight excluding hydrogens is 268 g/mol. The van der Waals surface area contributed by atoms with Crippen LogP contribution >= 0.6 is 0 Å². The van der Waals surface area contributed by atoms with Gasteiger partial charge in [-0.2, -0.15) is 0 Å². The van der Waals surface area contributed by atoms with Crippen molar-refractivity contribution in [3.05, 3.63) is 24.3 Å². The Labute approximate surface area is 125 Å². The first-order valence-corrected chi connectivity index (χ1v) is 7.32. The maximum absolute atomic E-state index is 12.1. The Hall–Kier alpha value is -2.04. The van der Waals surface area contributed by atoms with E-state index in [1.165, 1.54) is 6.92 Å². The summed E-state index contributed by atoms with van der Waals surface area (Å²) in [5.74, 6) is 0.670. The van der Waals surface area contributed by atoms with Crippen LogP contribution in [-0.2, 0) is 9.59 Å². The highest BCUT2D eigenvalue weighted by molar-refractivity contribution is 5.93. The first-order valence-electron chi connectivity index (χ1n) is 7.32. The number of ether oxygens (including phenoxy) is 1. The number of carbonyl (C=O) groups excluding carboxylic acids is 2. The lowest BCUT2D eigenvalue weighted by Crippen LogP contribution is -2.35. The highest BCUT2D eigenvalue weighted by Crippen LogP contribution is 2.28. The lowest BCUT2D eigenvalue weighted by Gasteiger charge is -2.24. The van der Waals surface area contributed by atoms with E-state index < -0.39 is 0 Å². The van der Waals surface area contributed by atoms with Crippen molar-refractivity contribution in [2.75, 3.05) is 31.6 Å². The minimum atomic E-state index is -0.0891. The second-order valence-corrected chi connectivity index (χ2v) is 5.18. The molecule has 0 bridgehead atoms. The maximum Gasteiger partial charge on any atom is 0.224 e. The third kappa shape index (κ3) is 3.74. The number of benzene rings is 1. The zero-order valence-electron chi connectivity index (χ0n) is 12.7. The molecule has 0 aromatic heterocycles. The van der Waals surface area contributed by atoms with E-state index in [0.29, 0.717) is 24.4 Å². The molecule has 0 unspecified atom stereocenters. The maximum atomic E-state index is 12.1. The monoisotopic (exact) mass is 290 g/mol. The van der Waals surface area contributed by atoms with E-state index in [1.807, 2.05) is 29.2 Å². The average Bonchev–Trinajstić information content (AvgIpc) is 3.01. The molecule has 0 N–H and O–H groups in total. The summed E-state index contributed by atoms with van der Waals surface area (Å²) in [6.07, 6.45) is 2.50. The Bertz CT molecular complexity index is 510. The Kier molecular flexibility index (Phi) is 5.20. The average molecular weight is 290 g/mol. The van der Waals surface area contributed by atoms with Crippen molar-refractivity contribution in [3.63, 3.8) is 0 Å². The molecule has 0 spiro atoms. The van der Waals surface area contributed by atoms with Crippen molar-refractivity contribution in [2.45, 2.75) is 26.2 Å². The smallest absolute Gasteiger partial charge is 0.224 e. The van der Waals surface area contributed by atoms with Gasteiger partial charge in [0.1, 0.15) is 5.75 Å². The molecule has 0 atom stereocenters. The Balaban J connectivity index is 2.05. The van der Waals surface area contributed by atoms with Crippen molar-refractivity contribution in [1.29, 1.82) is 0 Å². The van der Waals surface area contributed by atoms with Crippen LogP contribution in [0.2, 0.25) is 0 Å². The normalized spacial score (nSPS) is 14.1. The molecule has 1 saturated heterocycles. The number of likely N-dealkylation sites (tertiary alicyclic amines) is 1. The van der Waals surface area contributed by atoms with Crippen molar-refractivity contribution in [3.8, 4) is 5.75 Å². The van der Waals surface area contributed by atoms with Crippen molar-refractivity contribution < 1.29 is 14.3 Å². The van der Waals surface area contributed by atoms with Crippen LogP contribution in [0.25, 0.3) is 0 Å². The second-order valence-electron chi connectivity index (χ2n) is 5.18. The van der Waals surface area contributed by atoms with Gasteiger partial charge in [-0.05, 0) is 25.0 Å². The molecule has 5 heteroatoms. The molecule has 0 radical (unpaired) electrons. The summed E-state index contributed by atoms with van der Waals surface area (Å²) in [6, 6.07) is 7.36. The fourth-order valence-corrected chi connectivity index (χ4v) is 2.63. The zero-order valence-corrected chi connectivity index (χ0v) is 12.7. The van der Waals surface area contributed by atoms with E-state index in [-0.39, 0.29) is 11.8 Å². The molecule has 1 aromatic rings. The van der Waals surface area contributed by atoms with Crippen LogP contribution in [0.5, 0.6) is 5.75 Å². The van der Waals surface area contributed by atoms with E-state index in [0.717, 1.165) is 25.9 Å². The van der Waals surface area contributed by atoms with Gasteiger partial charge in [0, 0.05) is 33.0 Å². The number of rotatable bonds is 5. The molecule has 0 saturated carbocycles. The van der Waals surface area contributed by atoms with Gasteiger partial charge < -0.3 is 14.5 Å². The summed E-state index contributed by atoms with van der Waals surface area (Å²) < 4.78 is 5.29. The van der Waals surface area contributed by atoms with Gasteiger partial charge in [-0.25, -0.2) is 0 Å². The quantitative estimate of drug-likeness (QED) is 0.834. The summed E-state index contributed by atoms with van der Waals surface area (Å²) in [5, 5.41) is 0. The number of hydrogen-bond acceptors (Lipinski definition) is 3. The molecule has 1 aliphatic heterocycles. The van der Waals surface area contributed by atoms with Crippen molar-refractivity contribution in [1.82, 2.24) is 4.90 Å². The summed E-state index contributed by atoms with van der Waals surface area (Å²) >= 11 is 0. The topological polar surface area (TPSA) is 49.9 Å². The molecule has 5 nitrogen and oxygen atoms in total. The predicted molar refractivity (Wildman–Crippen MR) is 81.5 cm³/mol. The van der Waals surface area contributed by atoms with Gasteiger partial charge in [0.15, 0.2) is 0 Å². The fraction of sp³-hybridized carbons (Fsp3) is 0.500. The SMILES string of the molecule is COc1ccccc1N(CCC(=O)N1CCCC1)C(C)=O. The Morgan fingerprint density at radius 3 is 2.52 bits per heavy atom. The summed E-state index contributed by atoms with van der Waals surface area (Å²) in [7, 11) is 1.58. The number of carbonyl (C=O) groups is 2. The molecule has 114 valence electrons. The van der Waals surface area contributed by atoms with Crippen LogP contribution in [0.15, 0.2) is 24.3 Å². The van der Waals surface area contributed by atoms with Crippen LogP contribution in [0.1, 0.15) is 26.2 Å². The number of amides is 2. The molecular formula is C16H22N2O3. The van der Waals surface area contributed by atoms with Gasteiger partial charge in [0.05, 0.1) is 12.8 Å². The number of anilines is 1. The van der Waals surface area contributed by atoms with E-state index >= 15 is 0 Å².